The van der Waals surface area contributed by atoms with Gasteiger partial charge in [-0.3, -0.25) is 14.2 Å². The van der Waals surface area contributed by atoms with E-state index in [1.54, 1.807) is 18.3 Å². The zero-order valence-corrected chi connectivity index (χ0v) is 20.6. The number of aromatic nitrogens is 2. The van der Waals surface area contributed by atoms with Crippen molar-refractivity contribution in [3.05, 3.63) is 109 Å². The molecule has 182 valence electrons. The van der Waals surface area contributed by atoms with Crippen LogP contribution in [-0.4, -0.2) is 22.9 Å². The first-order chi connectivity index (χ1) is 17.5. The lowest BCUT2D eigenvalue weighted by molar-refractivity contribution is 0.489. The fourth-order valence-electron chi connectivity index (χ4n) is 3.83. The molecule has 5 rings (SSSR count). The molecule has 5 aromatic rings. The van der Waals surface area contributed by atoms with Gasteiger partial charge in [-0.25, -0.2) is 9.97 Å². The van der Waals surface area contributed by atoms with Crippen LogP contribution in [0.3, 0.4) is 0 Å². The van der Waals surface area contributed by atoms with Crippen molar-refractivity contribution in [2.24, 2.45) is 0 Å². The van der Waals surface area contributed by atoms with Crippen molar-refractivity contribution in [3.8, 4) is 10.6 Å². The smallest absolute Gasteiger partial charge is 0.357 e. The molecule has 2 aromatic heterocycles. The highest BCUT2D eigenvalue weighted by Crippen LogP contribution is 2.42. The molecule has 0 bridgehead atoms. The highest BCUT2D eigenvalue weighted by molar-refractivity contribution is 7.87. The Labute approximate surface area is 212 Å². The van der Waals surface area contributed by atoms with E-state index in [1.165, 1.54) is 17.6 Å². The third-order valence-corrected chi connectivity index (χ3v) is 7.02. The molecule has 0 amide bonds. The second kappa shape index (κ2) is 10.3. The topological polar surface area (TPSA) is 109 Å². The summed E-state index contributed by atoms with van der Waals surface area (Å²) in [6.07, 6.45) is 4.12. The zero-order valence-electron chi connectivity index (χ0n) is 19.0. The third kappa shape index (κ3) is 5.46. The van der Waals surface area contributed by atoms with Gasteiger partial charge in [0.1, 0.15) is 16.3 Å². The number of hydrogen-bond donors (Lipinski definition) is 2. The van der Waals surface area contributed by atoms with E-state index >= 15 is 0 Å². The number of oxazole rings is 1. The number of nitrogens with zero attached hydrogens (tertiary/aromatic N) is 3. The van der Waals surface area contributed by atoms with Gasteiger partial charge in [-0.1, -0.05) is 78.1 Å². The summed E-state index contributed by atoms with van der Waals surface area (Å²) in [5, 5.41) is 1.69. The monoisotopic (exact) mass is 518 g/mol. The van der Waals surface area contributed by atoms with Gasteiger partial charge >= 0.3 is 16.3 Å². The number of rotatable bonds is 9. The molecule has 2 heterocycles. The Kier molecular flexibility index (Phi) is 6.81. The normalized spacial score (nSPS) is 11.4. The molecule has 3 aromatic carbocycles. The summed E-state index contributed by atoms with van der Waals surface area (Å²) < 4.78 is 40.0. The van der Waals surface area contributed by atoms with Crippen molar-refractivity contribution in [2.75, 3.05) is 9.62 Å². The lowest BCUT2D eigenvalue weighted by Crippen LogP contribution is -2.13. The van der Waals surface area contributed by atoms with Crippen LogP contribution in [0.5, 0.6) is 0 Å². The number of aryl methyl sites for hydroxylation is 2. The molecular formula is C26H22N4O4S2. The first kappa shape index (κ1) is 23.7. The molecule has 0 atom stereocenters. The first-order valence-electron chi connectivity index (χ1n) is 11.1. The Morgan fingerprint density at radius 2 is 1.61 bits per heavy atom. The Balaban J connectivity index is 1.57. The maximum atomic E-state index is 11.4. The van der Waals surface area contributed by atoms with E-state index in [2.05, 4.69) is 9.71 Å². The van der Waals surface area contributed by atoms with Crippen molar-refractivity contribution in [1.82, 2.24) is 9.97 Å². The number of nitrogens with one attached hydrogen (secondary N) is 1. The lowest BCUT2D eigenvalue weighted by atomic mass is 10.1. The SMILES string of the molecule is O=S(=O)(O)Nc1ccccc1CCc1nc(-c2ccccc2)sc1N(c1ccccc1)c1ncco1. The quantitative estimate of drug-likeness (QED) is 0.221. The van der Waals surface area contributed by atoms with Crippen LogP contribution < -0.4 is 9.62 Å². The van der Waals surface area contributed by atoms with E-state index in [0.717, 1.165) is 32.5 Å². The molecule has 0 radical (unpaired) electrons. The van der Waals surface area contributed by atoms with Crippen LogP contribution >= 0.6 is 11.3 Å². The Morgan fingerprint density at radius 1 is 0.917 bits per heavy atom. The molecule has 8 nitrogen and oxygen atoms in total. The maximum absolute atomic E-state index is 11.4. The van der Waals surface area contributed by atoms with Gasteiger partial charge in [0.2, 0.25) is 0 Å². The van der Waals surface area contributed by atoms with E-state index in [9.17, 15) is 13.0 Å². The van der Waals surface area contributed by atoms with E-state index in [4.69, 9.17) is 9.40 Å². The molecule has 0 aliphatic rings. The van der Waals surface area contributed by atoms with Crippen LogP contribution in [0.1, 0.15) is 11.3 Å². The maximum Gasteiger partial charge on any atom is 0.357 e. The molecule has 10 heteroatoms. The Bertz CT molecular complexity index is 1540. The van der Waals surface area contributed by atoms with Gasteiger partial charge < -0.3 is 4.42 Å². The van der Waals surface area contributed by atoms with E-state index < -0.39 is 10.3 Å². The highest BCUT2D eigenvalue weighted by atomic mass is 32.2. The van der Waals surface area contributed by atoms with Crippen molar-refractivity contribution < 1.29 is 17.4 Å². The van der Waals surface area contributed by atoms with Crippen LogP contribution in [0, 0.1) is 0 Å². The predicted molar refractivity (Wildman–Crippen MR) is 141 cm³/mol. The van der Waals surface area contributed by atoms with Crippen molar-refractivity contribution in [2.45, 2.75) is 12.8 Å². The molecule has 0 spiro atoms. The zero-order chi connectivity index (χ0) is 25.0. The Morgan fingerprint density at radius 3 is 2.31 bits per heavy atom. The summed E-state index contributed by atoms with van der Waals surface area (Å²) in [4.78, 5) is 11.3. The minimum Gasteiger partial charge on any atom is -0.432 e. The summed E-state index contributed by atoms with van der Waals surface area (Å²) in [6.45, 7) is 0. The van der Waals surface area contributed by atoms with Crippen molar-refractivity contribution >= 4 is 44.0 Å². The number of hydrogen-bond acceptors (Lipinski definition) is 7. The van der Waals surface area contributed by atoms with Gasteiger partial charge in [0.05, 0.1) is 23.3 Å². The van der Waals surface area contributed by atoms with Crippen LogP contribution in [0.4, 0.5) is 22.4 Å². The fraction of sp³-hybridized carbons (Fsp3) is 0.0769. The summed E-state index contributed by atoms with van der Waals surface area (Å²) in [5.41, 5.74) is 3.73. The van der Waals surface area contributed by atoms with E-state index in [1.807, 2.05) is 77.7 Å². The second-order valence-corrected chi connectivity index (χ2v) is 9.99. The largest absolute Gasteiger partial charge is 0.432 e. The minimum atomic E-state index is -4.39. The van der Waals surface area contributed by atoms with Gasteiger partial charge in [-0.05, 0) is 36.6 Å². The standard InChI is InChI=1S/C26H22N4O4S2/c31-36(32,33)29-22-14-8-7-9-19(22)15-16-23-25(35-24(28-23)20-10-3-1-4-11-20)30(26-27-17-18-34-26)21-12-5-2-6-13-21/h1-14,17-18,29H,15-16H2,(H,31,32,33). The average Bonchev–Trinajstić information content (AvgIpc) is 3.55. The molecule has 36 heavy (non-hydrogen) atoms. The number of benzene rings is 3. The summed E-state index contributed by atoms with van der Waals surface area (Å²) in [7, 11) is -4.39. The van der Waals surface area contributed by atoms with Crippen molar-refractivity contribution in [1.29, 1.82) is 0 Å². The summed E-state index contributed by atoms with van der Waals surface area (Å²) in [6, 6.07) is 27.1. The van der Waals surface area contributed by atoms with E-state index in [-0.39, 0.29) is 0 Å². The van der Waals surface area contributed by atoms with Crippen LogP contribution in [-0.2, 0) is 23.1 Å². The van der Waals surface area contributed by atoms with Crippen LogP contribution in [0.25, 0.3) is 10.6 Å². The first-order valence-corrected chi connectivity index (χ1v) is 13.4. The molecule has 0 fully saturated rings. The predicted octanol–water partition coefficient (Wildman–Crippen LogP) is 6.27. The van der Waals surface area contributed by atoms with Crippen LogP contribution in [0.15, 0.2) is 102 Å². The Hall–Kier alpha value is -3.99. The highest BCUT2D eigenvalue weighted by Gasteiger charge is 2.24. The third-order valence-electron chi connectivity index (χ3n) is 5.41. The summed E-state index contributed by atoms with van der Waals surface area (Å²) >= 11 is 1.53. The van der Waals surface area contributed by atoms with Crippen LogP contribution in [0.2, 0.25) is 0 Å². The molecule has 0 unspecified atom stereocenters. The van der Waals surface area contributed by atoms with Crippen molar-refractivity contribution in [3.63, 3.8) is 0 Å². The number of thiazole rings is 1. The molecule has 0 aliphatic heterocycles. The second-order valence-electron chi connectivity index (χ2n) is 7.86. The number of anilines is 4. The minimum absolute atomic E-state index is 0.327. The molecule has 2 N–H and O–H groups in total. The van der Waals surface area contributed by atoms with Gasteiger partial charge in [-0.15, -0.1) is 0 Å². The van der Waals surface area contributed by atoms with E-state index in [0.29, 0.717) is 24.5 Å². The average molecular weight is 519 g/mol. The molecule has 0 saturated heterocycles. The molecular weight excluding hydrogens is 496 g/mol. The van der Waals surface area contributed by atoms with Gasteiger partial charge in [-0.2, -0.15) is 8.42 Å². The molecule has 0 saturated carbocycles. The number of para-hydroxylation sites is 2. The lowest BCUT2D eigenvalue weighted by Gasteiger charge is -2.20. The van der Waals surface area contributed by atoms with Gasteiger partial charge in [0.25, 0.3) is 0 Å². The van der Waals surface area contributed by atoms with Gasteiger partial charge in [0.15, 0.2) is 0 Å². The van der Waals surface area contributed by atoms with Gasteiger partial charge in [0, 0.05) is 5.56 Å². The summed E-state index contributed by atoms with van der Waals surface area (Å²) in [5.74, 6) is 0. The fourth-order valence-corrected chi connectivity index (χ4v) is 5.44. The molecule has 0 aliphatic carbocycles.